The van der Waals surface area contributed by atoms with Crippen LogP contribution in [0.15, 0.2) is 78.9 Å². The van der Waals surface area contributed by atoms with E-state index in [0.29, 0.717) is 11.4 Å². The largest absolute Gasteiger partial charge is 0.497 e. The van der Waals surface area contributed by atoms with Crippen molar-refractivity contribution < 1.29 is 22.7 Å². The minimum Gasteiger partial charge on any atom is -0.497 e. The summed E-state index contributed by atoms with van der Waals surface area (Å²) in [7, 11) is -0.751. The number of likely N-dealkylation sites (N-methyl/N-ethyl adjacent to an activating group) is 1. The second kappa shape index (κ2) is 13.3. The van der Waals surface area contributed by atoms with Crippen LogP contribution < -0.4 is 14.4 Å². The van der Waals surface area contributed by atoms with Gasteiger partial charge in [0, 0.05) is 20.0 Å². The smallest absolute Gasteiger partial charge is 0.244 e. The van der Waals surface area contributed by atoms with E-state index in [-0.39, 0.29) is 24.8 Å². The monoisotopic (exact) mass is 551 g/mol. The van der Waals surface area contributed by atoms with Crippen molar-refractivity contribution in [3.63, 3.8) is 0 Å². The second-order valence-electron chi connectivity index (χ2n) is 9.68. The summed E-state index contributed by atoms with van der Waals surface area (Å²) in [5, 5.41) is 2.68. The van der Waals surface area contributed by atoms with Gasteiger partial charge in [0.25, 0.3) is 0 Å². The molecular weight excluding hydrogens is 514 g/mol. The average molecular weight is 552 g/mol. The maximum Gasteiger partial charge on any atom is 0.244 e. The van der Waals surface area contributed by atoms with Gasteiger partial charge in [0.15, 0.2) is 0 Å². The van der Waals surface area contributed by atoms with Gasteiger partial charge >= 0.3 is 0 Å². The van der Waals surface area contributed by atoms with E-state index in [1.807, 2.05) is 68.4 Å². The molecule has 1 N–H and O–H groups in total. The fraction of sp³-hybridized carbons (Fsp3) is 0.333. The Morgan fingerprint density at radius 2 is 1.56 bits per heavy atom. The number of hydrogen-bond donors (Lipinski definition) is 1. The summed E-state index contributed by atoms with van der Waals surface area (Å²) in [5.41, 5.74) is 2.88. The number of ether oxygens (including phenoxy) is 1. The maximum atomic E-state index is 14.1. The zero-order valence-corrected chi connectivity index (χ0v) is 23.9. The molecular formula is C30H37N3O5S. The number of para-hydroxylation sites is 1. The number of amides is 2. The van der Waals surface area contributed by atoms with Crippen molar-refractivity contribution in [3.05, 3.63) is 95.6 Å². The van der Waals surface area contributed by atoms with E-state index in [4.69, 9.17) is 4.74 Å². The van der Waals surface area contributed by atoms with Gasteiger partial charge in [0.05, 0.1) is 19.1 Å². The first-order chi connectivity index (χ1) is 18.5. The van der Waals surface area contributed by atoms with E-state index in [2.05, 4.69) is 5.32 Å². The average Bonchev–Trinajstić information content (AvgIpc) is 2.93. The van der Waals surface area contributed by atoms with Gasteiger partial charge in [-0.25, -0.2) is 8.42 Å². The molecule has 0 heterocycles. The molecule has 0 saturated heterocycles. The standard InChI is InChI=1S/C30H37N3O5S/c1-22(2)26-16-9-10-17-27(26)33(39(5,36)37)21-29(34)32(20-24-14-11-15-25(18-24)38-4)28(30(35)31-3)19-23-12-7-6-8-13-23/h6-18,22,28H,19-21H2,1-5H3,(H,31,35)/t28-/m0/s1. The van der Waals surface area contributed by atoms with E-state index in [1.54, 1.807) is 31.4 Å². The van der Waals surface area contributed by atoms with Crippen molar-refractivity contribution in [2.24, 2.45) is 0 Å². The molecule has 3 aromatic rings. The molecule has 0 aliphatic heterocycles. The first-order valence-electron chi connectivity index (χ1n) is 12.8. The van der Waals surface area contributed by atoms with E-state index in [1.165, 1.54) is 11.9 Å². The minimum atomic E-state index is -3.83. The SMILES string of the molecule is CNC(=O)[C@H](Cc1ccccc1)N(Cc1cccc(OC)c1)C(=O)CN(c1ccccc1C(C)C)S(C)(=O)=O. The van der Waals surface area contributed by atoms with Gasteiger partial charge in [-0.05, 0) is 40.8 Å². The van der Waals surface area contributed by atoms with Gasteiger partial charge < -0.3 is 15.0 Å². The van der Waals surface area contributed by atoms with Crippen LogP contribution in [0.25, 0.3) is 0 Å². The Kier molecular flexibility index (Phi) is 10.1. The van der Waals surface area contributed by atoms with Gasteiger partial charge in [0.2, 0.25) is 21.8 Å². The number of rotatable bonds is 12. The van der Waals surface area contributed by atoms with Crippen molar-refractivity contribution in [1.29, 1.82) is 0 Å². The zero-order valence-electron chi connectivity index (χ0n) is 23.1. The molecule has 2 amide bonds. The number of anilines is 1. The van der Waals surface area contributed by atoms with Gasteiger partial charge in [-0.2, -0.15) is 0 Å². The Morgan fingerprint density at radius 1 is 0.923 bits per heavy atom. The number of benzene rings is 3. The van der Waals surface area contributed by atoms with Crippen molar-refractivity contribution in [2.75, 3.05) is 31.3 Å². The Balaban J connectivity index is 2.07. The molecule has 39 heavy (non-hydrogen) atoms. The topological polar surface area (TPSA) is 96.0 Å². The molecule has 0 unspecified atom stereocenters. The third-order valence-electron chi connectivity index (χ3n) is 6.51. The quantitative estimate of drug-likeness (QED) is 0.368. The molecule has 0 radical (unpaired) electrons. The number of sulfonamides is 1. The predicted molar refractivity (Wildman–Crippen MR) is 154 cm³/mol. The Morgan fingerprint density at radius 3 is 2.18 bits per heavy atom. The van der Waals surface area contributed by atoms with Crippen LogP contribution >= 0.6 is 0 Å². The summed E-state index contributed by atoms with van der Waals surface area (Å²) >= 11 is 0. The number of carbonyl (C=O) groups is 2. The zero-order chi connectivity index (χ0) is 28.6. The van der Waals surface area contributed by atoms with Crippen LogP contribution in [0.3, 0.4) is 0 Å². The van der Waals surface area contributed by atoms with E-state index in [9.17, 15) is 18.0 Å². The van der Waals surface area contributed by atoms with Crippen molar-refractivity contribution in [2.45, 2.75) is 38.8 Å². The third-order valence-corrected chi connectivity index (χ3v) is 7.64. The molecule has 0 aromatic heterocycles. The fourth-order valence-electron chi connectivity index (χ4n) is 4.49. The van der Waals surface area contributed by atoms with E-state index < -0.39 is 28.5 Å². The molecule has 0 bridgehead atoms. The number of nitrogens with zero attached hydrogens (tertiary/aromatic N) is 2. The Labute approximate surface area is 231 Å². The minimum absolute atomic E-state index is 0.0325. The third kappa shape index (κ3) is 7.83. The summed E-state index contributed by atoms with van der Waals surface area (Å²) in [6.07, 6.45) is 1.35. The summed E-state index contributed by atoms with van der Waals surface area (Å²) in [4.78, 5) is 28.7. The first-order valence-corrected chi connectivity index (χ1v) is 14.6. The molecule has 0 aliphatic carbocycles. The van der Waals surface area contributed by atoms with Crippen LogP contribution in [0.5, 0.6) is 5.75 Å². The van der Waals surface area contributed by atoms with Gasteiger partial charge in [-0.1, -0.05) is 74.5 Å². The lowest BCUT2D eigenvalue weighted by molar-refractivity contribution is -0.139. The molecule has 8 nitrogen and oxygen atoms in total. The van der Waals surface area contributed by atoms with Crippen molar-refractivity contribution >= 4 is 27.5 Å². The molecule has 0 spiro atoms. The lowest BCUT2D eigenvalue weighted by Crippen LogP contribution is -2.53. The van der Waals surface area contributed by atoms with Crippen LogP contribution in [-0.4, -0.2) is 58.1 Å². The van der Waals surface area contributed by atoms with Crippen LogP contribution in [0.1, 0.15) is 36.5 Å². The molecule has 1 atom stereocenters. The Hall–Kier alpha value is -3.85. The van der Waals surface area contributed by atoms with Gasteiger partial charge in [-0.3, -0.25) is 13.9 Å². The van der Waals surface area contributed by atoms with Gasteiger partial charge in [0.1, 0.15) is 18.3 Å². The number of carbonyl (C=O) groups excluding carboxylic acids is 2. The molecule has 3 rings (SSSR count). The highest BCUT2D eigenvalue weighted by molar-refractivity contribution is 7.92. The number of hydrogen-bond acceptors (Lipinski definition) is 5. The first kappa shape index (κ1) is 29.7. The highest BCUT2D eigenvalue weighted by Gasteiger charge is 2.33. The molecule has 208 valence electrons. The fourth-order valence-corrected chi connectivity index (χ4v) is 5.35. The van der Waals surface area contributed by atoms with E-state index in [0.717, 1.165) is 27.3 Å². The summed E-state index contributed by atoms with van der Waals surface area (Å²) in [6.45, 7) is 3.58. The number of nitrogens with one attached hydrogen (secondary N) is 1. The summed E-state index contributed by atoms with van der Waals surface area (Å²) in [6, 6.07) is 22.9. The predicted octanol–water partition coefficient (Wildman–Crippen LogP) is 3.97. The van der Waals surface area contributed by atoms with Crippen LogP contribution in [0.4, 0.5) is 5.69 Å². The van der Waals surface area contributed by atoms with Gasteiger partial charge in [-0.15, -0.1) is 0 Å². The van der Waals surface area contributed by atoms with Crippen LogP contribution in [-0.2, 0) is 32.6 Å². The highest BCUT2D eigenvalue weighted by Crippen LogP contribution is 2.29. The normalized spacial score (nSPS) is 12.1. The van der Waals surface area contributed by atoms with Crippen molar-refractivity contribution in [3.8, 4) is 5.75 Å². The van der Waals surface area contributed by atoms with E-state index >= 15 is 0 Å². The second-order valence-corrected chi connectivity index (χ2v) is 11.6. The molecule has 0 aliphatic rings. The maximum absolute atomic E-state index is 14.1. The van der Waals surface area contributed by atoms with Crippen molar-refractivity contribution in [1.82, 2.24) is 10.2 Å². The summed E-state index contributed by atoms with van der Waals surface area (Å²) in [5.74, 6) is -0.192. The van der Waals surface area contributed by atoms with Crippen LogP contribution in [0, 0.1) is 0 Å². The highest BCUT2D eigenvalue weighted by atomic mass is 32.2. The summed E-state index contributed by atoms with van der Waals surface area (Å²) < 4.78 is 32.5. The Bertz CT molecular complexity index is 1380. The molecule has 0 fully saturated rings. The number of methoxy groups -OCH3 is 1. The lowest BCUT2D eigenvalue weighted by Gasteiger charge is -2.34. The lowest BCUT2D eigenvalue weighted by atomic mass is 10.0. The van der Waals surface area contributed by atoms with Crippen LogP contribution in [0.2, 0.25) is 0 Å². The molecule has 0 saturated carbocycles. The molecule has 3 aromatic carbocycles. The molecule has 9 heteroatoms.